The van der Waals surface area contributed by atoms with Gasteiger partial charge in [0.2, 0.25) is 0 Å². The van der Waals surface area contributed by atoms with Crippen LogP contribution in [0, 0.1) is 10.1 Å². The Labute approximate surface area is 135 Å². The summed E-state index contributed by atoms with van der Waals surface area (Å²) in [4.78, 5) is 22.8. The topological polar surface area (TPSA) is 129 Å². The van der Waals surface area contributed by atoms with Crippen LogP contribution in [0.1, 0.15) is 0 Å². The fourth-order valence-electron chi connectivity index (χ4n) is 2.14. The number of nitrogens with zero attached hydrogens (tertiary/aromatic N) is 4. The average Bonchev–Trinajstić information content (AvgIpc) is 2.99. The van der Waals surface area contributed by atoms with Crippen molar-refractivity contribution in [3.8, 4) is 16.9 Å². The first-order chi connectivity index (χ1) is 11.5. The third-order valence-corrected chi connectivity index (χ3v) is 3.17. The number of urea groups is 1. The van der Waals surface area contributed by atoms with Crippen LogP contribution in [-0.2, 0) is 0 Å². The minimum atomic E-state index is -0.779. The van der Waals surface area contributed by atoms with Crippen LogP contribution in [0.5, 0.6) is 0 Å². The predicted molar refractivity (Wildman–Crippen MR) is 86.7 cm³/mol. The van der Waals surface area contributed by atoms with Crippen molar-refractivity contribution < 1.29 is 9.72 Å². The van der Waals surface area contributed by atoms with E-state index >= 15 is 0 Å². The highest BCUT2D eigenvalue weighted by Gasteiger charge is 2.16. The number of aromatic nitrogens is 3. The highest BCUT2D eigenvalue weighted by Crippen LogP contribution is 2.25. The maximum Gasteiger partial charge on any atom is 0.317 e. The summed E-state index contributed by atoms with van der Waals surface area (Å²) in [5.74, 6) is 0.167. The fourth-order valence-corrected chi connectivity index (χ4v) is 2.14. The van der Waals surface area contributed by atoms with Crippen LogP contribution in [0.15, 0.2) is 54.6 Å². The number of nitro groups is 1. The Morgan fingerprint density at radius 2 is 1.88 bits per heavy atom. The lowest BCUT2D eigenvalue weighted by Crippen LogP contribution is -2.20. The molecule has 3 aromatic rings. The van der Waals surface area contributed by atoms with Crippen molar-refractivity contribution in [3.63, 3.8) is 0 Å². The molecule has 2 aromatic carbocycles. The van der Waals surface area contributed by atoms with E-state index in [4.69, 9.17) is 5.73 Å². The molecule has 9 heteroatoms. The summed E-state index contributed by atoms with van der Waals surface area (Å²) < 4.78 is 0. The van der Waals surface area contributed by atoms with E-state index in [2.05, 4.69) is 15.5 Å². The van der Waals surface area contributed by atoms with Gasteiger partial charge in [0.15, 0.2) is 5.82 Å². The highest BCUT2D eigenvalue weighted by molar-refractivity contribution is 5.90. The van der Waals surface area contributed by atoms with E-state index in [1.165, 1.54) is 23.0 Å². The molecule has 0 aliphatic heterocycles. The number of nitrogens with one attached hydrogen (secondary N) is 1. The molecule has 0 aliphatic rings. The fraction of sp³-hybridized carbons (Fsp3) is 0. The van der Waals surface area contributed by atoms with Crippen molar-refractivity contribution in [2.45, 2.75) is 0 Å². The maximum absolute atomic E-state index is 11.2. The SMILES string of the molecule is NC(=O)Nc1nn(-c2cccc([N+](=O)[O-])c2)nc1-c1ccccc1. The number of carbonyl (C=O) groups is 1. The molecule has 0 bridgehead atoms. The standard InChI is InChI=1S/C15H12N6O3/c16-15(22)17-14-13(10-5-2-1-3-6-10)18-20(19-14)11-7-4-8-12(9-11)21(23)24/h1-9H,(H3,16,17,19,22). The molecule has 0 unspecified atom stereocenters. The third-order valence-electron chi connectivity index (χ3n) is 3.17. The number of nitrogens with two attached hydrogens (primary N) is 1. The minimum Gasteiger partial charge on any atom is -0.351 e. The molecule has 1 aromatic heterocycles. The highest BCUT2D eigenvalue weighted by atomic mass is 16.6. The van der Waals surface area contributed by atoms with Gasteiger partial charge in [0, 0.05) is 17.7 Å². The van der Waals surface area contributed by atoms with Gasteiger partial charge in [0.25, 0.3) is 5.69 Å². The second-order valence-corrected chi connectivity index (χ2v) is 4.82. The van der Waals surface area contributed by atoms with Gasteiger partial charge in [-0.25, -0.2) is 4.79 Å². The van der Waals surface area contributed by atoms with Crippen LogP contribution >= 0.6 is 0 Å². The third kappa shape index (κ3) is 3.04. The van der Waals surface area contributed by atoms with Gasteiger partial charge in [0.05, 0.1) is 10.6 Å². The maximum atomic E-state index is 11.2. The Balaban J connectivity index is 2.10. The molecule has 0 saturated carbocycles. The lowest BCUT2D eigenvalue weighted by atomic mass is 10.1. The predicted octanol–water partition coefficient (Wildman–Crippen LogP) is 2.33. The van der Waals surface area contributed by atoms with Crippen LogP contribution in [0.3, 0.4) is 0 Å². The summed E-state index contributed by atoms with van der Waals surface area (Å²) in [6.45, 7) is 0. The Morgan fingerprint density at radius 3 is 2.54 bits per heavy atom. The number of non-ortho nitro benzene ring substituents is 1. The van der Waals surface area contributed by atoms with Crippen LogP contribution in [-0.4, -0.2) is 25.9 Å². The molecular weight excluding hydrogens is 312 g/mol. The number of carbonyl (C=O) groups excluding carboxylic acids is 1. The largest absolute Gasteiger partial charge is 0.351 e. The molecule has 0 fully saturated rings. The molecule has 24 heavy (non-hydrogen) atoms. The molecule has 3 rings (SSSR count). The zero-order valence-electron chi connectivity index (χ0n) is 12.3. The molecule has 0 radical (unpaired) electrons. The summed E-state index contributed by atoms with van der Waals surface area (Å²) in [7, 11) is 0. The Morgan fingerprint density at radius 1 is 1.12 bits per heavy atom. The van der Waals surface area contributed by atoms with Crippen molar-refractivity contribution in [3.05, 3.63) is 64.7 Å². The molecule has 0 aliphatic carbocycles. The number of primary amides is 1. The van der Waals surface area contributed by atoms with Gasteiger partial charge in [-0.2, -0.15) is 0 Å². The lowest BCUT2D eigenvalue weighted by Gasteiger charge is -1.99. The summed E-state index contributed by atoms with van der Waals surface area (Å²) in [5.41, 5.74) is 6.59. The summed E-state index contributed by atoms with van der Waals surface area (Å²) in [6, 6.07) is 14.1. The molecule has 0 atom stereocenters. The number of rotatable bonds is 4. The van der Waals surface area contributed by atoms with E-state index in [0.29, 0.717) is 11.4 Å². The number of hydrogen-bond donors (Lipinski definition) is 2. The number of anilines is 1. The van der Waals surface area contributed by atoms with Crippen LogP contribution in [0.4, 0.5) is 16.3 Å². The minimum absolute atomic E-state index is 0.0875. The Bertz CT molecular complexity index is 907. The first-order valence-corrected chi connectivity index (χ1v) is 6.88. The van der Waals surface area contributed by atoms with Crippen LogP contribution < -0.4 is 11.1 Å². The van der Waals surface area contributed by atoms with Gasteiger partial charge in [-0.1, -0.05) is 36.4 Å². The molecule has 2 amide bonds. The first-order valence-electron chi connectivity index (χ1n) is 6.88. The van der Waals surface area contributed by atoms with E-state index < -0.39 is 11.0 Å². The Kier molecular flexibility index (Phi) is 3.89. The van der Waals surface area contributed by atoms with Gasteiger partial charge in [-0.3, -0.25) is 15.4 Å². The van der Waals surface area contributed by atoms with Gasteiger partial charge in [0.1, 0.15) is 5.69 Å². The van der Waals surface area contributed by atoms with Crippen LogP contribution in [0.25, 0.3) is 16.9 Å². The van der Waals surface area contributed by atoms with Crippen molar-refractivity contribution in [2.24, 2.45) is 5.73 Å². The van der Waals surface area contributed by atoms with Crippen molar-refractivity contribution in [2.75, 3.05) is 5.32 Å². The normalized spacial score (nSPS) is 10.3. The molecule has 120 valence electrons. The Hall–Kier alpha value is -3.75. The van der Waals surface area contributed by atoms with E-state index in [1.54, 1.807) is 18.2 Å². The average molecular weight is 324 g/mol. The van der Waals surface area contributed by atoms with Crippen molar-refractivity contribution in [1.82, 2.24) is 15.0 Å². The van der Waals surface area contributed by atoms with E-state index in [9.17, 15) is 14.9 Å². The number of benzene rings is 2. The van der Waals surface area contributed by atoms with Gasteiger partial charge >= 0.3 is 6.03 Å². The second kappa shape index (κ2) is 6.16. The summed E-state index contributed by atoms with van der Waals surface area (Å²) in [6.07, 6.45) is 0. The zero-order chi connectivity index (χ0) is 17.1. The molecule has 0 spiro atoms. The van der Waals surface area contributed by atoms with Crippen LogP contribution in [0.2, 0.25) is 0 Å². The van der Waals surface area contributed by atoms with Crippen molar-refractivity contribution >= 4 is 17.5 Å². The molecular formula is C15H12N6O3. The van der Waals surface area contributed by atoms with E-state index in [-0.39, 0.29) is 11.5 Å². The summed E-state index contributed by atoms with van der Waals surface area (Å²) >= 11 is 0. The zero-order valence-corrected chi connectivity index (χ0v) is 12.3. The smallest absolute Gasteiger partial charge is 0.317 e. The van der Waals surface area contributed by atoms with E-state index in [0.717, 1.165) is 5.56 Å². The second-order valence-electron chi connectivity index (χ2n) is 4.82. The monoisotopic (exact) mass is 324 g/mol. The number of nitro benzene ring substituents is 1. The van der Waals surface area contributed by atoms with Gasteiger partial charge < -0.3 is 5.73 Å². The van der Waals surface area contributed by atoms with E-state index in [1.807, 2.05) is 18.2 Å². The molecule has 9 nitrogen and oxygen atoms in total. The lowest BCUT2D eigenvalue weighted by molar-refractivity contribution is -0.384. The molecule has 1 heterocycles. The van der Waals surface area contributed by atoms with Gasteiger partial charge in [-0.15, -0.1) is 15.0 Å². The quantitative estimate of drug-likeness (QED) is 0.562. The number of amides is 2. The van der Waals surface area contributed by atoms with Crippen molar-refractivity contribution in [1.29, 1.82) is 0 Å². The van der Waals surface area contributed by atoms with Gasteiger partial charge in [-0.05, 0) is 6.07 Å². The molecule has 3 N–H and O–H groups in total. The number of hydrogen-bond acceptors (Lipinski definition) is 5. The molecule has 0 saturated heterocycles. The summed E-state index contributed by atoms with van der Waals surface area (Å²) in [5, 5.41) is 21.8. The first kappa shape index (κ1) is 15.2.